The molecule has 2 saturated heterocycles. The maximum absolute atomic E-state index is 13.6. The van der Waals surface area contributed by atoms with Crippen LogP contribution >= 0.6 is 0 Å². The van der Waals surface area contributed by atoms with Crippen LogP contribution in [0.5, 0.6) is 5.75 Å². The standard InChI is InChI=1S/C36H40F3N5O4S/c1-23-8-10-27(11-9-23)43-33(22-32(42-43)35(2,3)4)41-34(45)40-26-7-5-6-24(19-26)18-25-20-28-12-13-29(21-25)44(28)49(46,47)31-16-14-30(15-17-31)48-36(37,38)39/h5-11,14-17,19,22,25,28-29H,12-13,18,20-21H2,1-4H3,(H2,40,41,45). The number of amides is 2. The van der Waals surface area contributed by atoms with Gasteiger partial charge < -0.3 is 10.1 Å². The lowest BCUT2D eigenvalue weighted by molar-refractivity contribution is -0.274. The second kappa shape index (κ2) is 13.2. The van der Waals surface area contributed by atoms with E-state index < -0.39 is 28.2 Å². The maximum Gasteiger partial charge on any atom is 0.573 e. The van der Waals surface area contributed by atoms with Gasteiger partial charge in [-0.2, -0.15) is 9.40 Å². The first-order valence-electron chi connectivity index (χ1n) is 16.3. The first kappa shape index (κ1) is 34.5. The second-order valence-corrected chi connectivity index (χ2v) is 15.8. The zero-order valence-electron chi connectivity index (χ0n) is 27.8. The molecule has 2 aliphatic heterocycles. The number of halogens is 3. The Morgan fingerprint density at radius 3 is 2.18 bits per heavy atom. The highest BCUT2D eigenvalue weighted by Gasteiger charge is 2.47. The predicted octanol–water partition coefficient (Wildman–Crippen LogP) is 8.20. The van der Waals surface area contributed by atoms with Crippen molar-refractivity contribution in [3.05, 3.63) is 95.7 Å². The zero-order chi connectivity index (χ0) is 35.1. The smallest absolute Gasteiger partial charge is 0.406 e. The number of ether oxygens (including phenoxy) is 1. The van der Waals surface area contributed by atoms with E-state index >= 15 is 0 Å². The molecule has 13 heteroatoms. The van der Waals surface area contributed by atoms with Crippen LogP contribution in [-0.4, -0.2) is 47.0 Å². The Labute approximate surface area is 284 Å². The molecule has 9 nitrogen and oxygen atoms in total. The van der Waals surface area contributed by atoms with E-state index in [0.29, 0.717) is 24.3 Å². The number of rotatable bonds is 8. The number of carbonyl (C=O) groups excluding carboxylic acids is 1. The molecule has 49 heavy (non-hydrogen) atoms. The van der Waals surface area contributed by atoms with Crippen LogP contribution in [0.25, 0.3) is 5.69 Å². The fourth-order valence-corrected chi connectivity index (χ4v) is 8.74. The van der Waals surface area contributed by atoms with Gasteiger partial charge in [-0.1, -0.05) is 50.6 Å². The first-order chi connectivity index (χ1) is 23.0. The Balaban J connectivity index is 1.10. The van der Waals surface area contributed by atoms with Crippen LogP contribution in [0.4, 0.5) is 29.5 Å². The molecule has 2 fully saturated rings. The number of aryl methyl sites for hydroxylation is 1. The van der Waals surface area contributed by atoms with Gasteiger partial charge in [0.2, 0.25) is 10.0 Å². The fourth-order valence-electron chi connectivity index (χ4n) is 6.85. The Morgan fingerprint density at radius 1 is 0.918 bits per heavy atom. The summed E-state index contributed by atoms with van der Waals surface area (Å²) < 4.78 is 72.0. The van der Waals surface area contributed by atoms with Crippen molar-refractivity contribution in [1.29, 1.82) is 0 Å². The van der Waals surface area contributed by atoms with Gasteiger partial charge in [-0.25, -0.2) is 17.9 Å². The SMILES string of the molecule is Cc1ccc(-n2nc(C(C)(C)C)cc2NC(=O)Nc2cccc(CC3CC4CCC(C3)N4S(=O)(=O)c3ccc(OC(F)(F)F)cc3)c2)cc1. The summed E-state index contributed by atoms with van der Waals surface area (Å²) in [5, 5.41) is 10.7. The molecular formula is C36H40F3N5O4S. The molecule has 2 atom stereocenters. The van der Waals surface area contributed by atoms with E-state index in [2.05, 4.69) is 36.1 Å². The summed E-state index contributed by atoms with van der Waals surface area (Å²) in [5.41, 5.74) is 4.23. The quantitative estimate of drug-likeness (QED) is 0.193. The lowest BCUT2D eigenvalue weighted by Gasteiger charge is -2.38. The van der Waals surface area contributed by atoms with Gasteiger partial charge in [0.15, 0.2) is 0 Å². The van der Waals surface area contributed by atoms with Crippen molar-refractivity contribution in [3.63, 3.8) is 0 Å². The van der Waals surface area contributed by atoms with Gasteiger partial charge in [0.1, 0.15) is 11.6 Å². The summed E-state index contributed by atoms with van der Waals surface area (Å²) in [4.78, 5) is 13.2. The van der Waals surface area contributed by atoms with Crippen molar-refractivity contribution in [2.24, 2.45) is 5.92 Å². The average Bonchev–Trinajstić information content (AvgIpc) is 3.56. The van der Waals surface area contributed by atoms with E-state index in [1.54, 1.807) is 8.99 Å². The molecule has 2 amide bonds. The molecule has 4 aromatic rings. The number of aromatic nitrogens is 2. The third-order valence-electron chi connectivity index (χ3n) is 9.10. The van der Waals surface area contributed by atoms with Crippen LogP contribution in [-0.2, 0) is 21.9 Å². The van der Waals surface area contributed by atoms with Crippen molar-refractivity contribution >= 4 is 27.6 Å². The molecule has 3 heterocycles. The maximum atomic E-state index is 13.6. The molecule has 2 bridgehead atoms. The average molecular weight is 696 g/mol. The minimum absolute atomic E-state index is 0.0500. The molecule has 2 N–H and O–H groups in total. The highest BCUT2D eigenvalue weighted by atomic mass is 32.2. The van der Waals surface area contributed by atoms with Crippen LogP contribution in [0.1, 0.15) is 63.3 Å². The number of nitrogens with zero attached hydrogens (tertiary/aromatic N) is 3. The molecule has 0 aliphatic carbocycles. The third-order valence-corrected chi connectivity index (χ3v) is 11.1. The van der Waals surface area contributed by atoms with E-state index in [9.17, 15) is 26.4 Å². The molecule has 1 aromatic heterocycles. The monoisotopic (exact) mass is 695 g/mol. The van der Waals surface area contributed by atoms with Gasteiger partial charge in [0.05, 0.1) is 16.3 Å². The topological polar surface area (TPSA) is 106 Å². The Bertz CT molecular complexity index is 1910. The Hall–Kier alpha value is -4.36. The second-order valence-electron chi connectivity index (χ2n) is 14.0. The Morgan fingerprint density at radius 2 is 1.57 bits per heavy atom. The molecule has 0 radical (unpaired) electrons. The third kappa shape index (κ3) is 7.94. The van der Waals surface area contributed by atoms with Gasteiger partial charge in [-0.3, -0.25) is 5.32 Å². The van der Waals surface area contributed by atoms with Crippen LogP contribution in [0.3, 0.4) is 0 Å². The summed E-state index contributed by atoms with van der Waals surface area (Å²) >= 11 is 0. The Kier molecular flexibility index (Phi) is 9.27. The van der Waals surface area contributed by atoms with Crippen molar-refractivity contribution in [2.75, 3.05) is 10.6 Å². The number of hydrogen-bond donors (Lipinski definition) is 2. The summed E-state index contributed by atoms with van der Waals surface area (Å²) in [5.74, 6) is 0.311. The summed E-state index contributed by atoms with van der Waals surface area (Å²) in [7, 11) is -3.89. The number of sulfonamides is 1. The number of hydrogen-bond acceptors (Lipinski definition) is 5. The van der Waals surface area contributed by atoms with Gasteiger partial charge in [-0.15, -0.1) is 13.2 Å². The van der Waals surface area contributed by atoms with Gasteiger partial charge in [-0.05, 0) is 99.0 Å². The molecule has 0 saturated carbocycles. The van der Waals surface area contributed by atoms with E-state index in [0.717, 1.165) is 66.0 Å². The number of benzene rings is 3. The van der Waals surface area contributed by atoms with Crippen molar-refractivity contribution < 1.29 is 31.1 Å². The minimum atomic E-state index is -4.85. The number of piperidine rings is 1. The summed E-state index contributed by atoms with van der Waals surface area (Å²) in [6.07, 6.45) is -1.34. The van der Waals surface area contributed by atoms with Gasteiger partial charge in [0.25, 0.3) is 0 Å². The highest BCUT2D eigenvalue weighted by Crippen LogP contribution is 2.43. The first-order valence-corrected chi connectivity index (χ1v) is 17.7. The van der Waals surface area contributed by atoms with Crippen LogP contribution in [0.2, 0.25) is 0 Å². The van der Waals surface area contributed by atoms with E-state index in [4.69, 9.17) is 5.10 Å². The summed E-state index contributed by atoms with van der Waals surface area (Å²) in [6, 6.07) is 21.0. The van der Waals surface area contributed by atoms with Crippen molar-refractivity contribution in [3.8, 4) is 11.4 Å². The molecule has 260 valence electrons. The lowest BCUT2D eigenvalue weighted by Crippen LogP contribution is -2.46. The van der Waals surface area contributed by atoms with Gasteiger partial charge in [0, 0.05) is 29.3 Å². The molecule has 2 aliphatic rings. The fraction of sp³-hybridized carbons (Fsp3) is 0.389. The number of urea groups is 1. The molecule has 3 aromatic carbocycles. The largest absolute Gasteiger partial charge is 0.573 e. The van der Waals surface area contributed by atoms with Gasteiger partial charge >= 0.3 is 12.4 Å². The predicted molar refractivity (Wildman–Crippen MR) is 181 cm³/mol. The minimum Gasteiger partial charge on any atom is -0.406 e. The molecule has 2 unspecified atom stereocenters. The zero-order valence-corrected chi connectivity index (χ0v) is 28.6. The number of carbonyl (C=O) groups is 1. The lowest BCUT2D eigenvalue weighted by atomic mass is 9.87. The number of nitrogens with one attached hydrogen (secondary N) is 2. The van der Waals surface area contributed by atoms with Crippen molar-refractivity contribution in [2.45, 2.75) is 88.6 Å². The normalized spacial score (nSPS) is 19.9. The van der Waals surface area contributed by atoms with E-state index in [1.807, 2.05) is 61.5 Å². The summed E-state index contributed by atoms with van der Waals surface area (Å²) in [6.45, 7) is 8.21. The van der Waals surface area contributed by atoms with E-state index in [-0.39, 0.29) is 28.3 Å². The molecule has 0 spiro atoms. The number of anilines is 2. The highest BCUT2D eigenvalue weighted by molar-refractivity contribution is 7.89. The van der Waals surface area contributed by atoms with Crippen LogP contribution in [0.15, 0.2) is 83.8 Å². The van der Waals surface area contributed by atoms with Crippen LogP contribution in [0, 0.1) is 12.8 Å². The van der Waals surface area contributed by atoms with Crippen molar-refractivity contribution in [1.82, 2.24) is 14.1 Å². The molecule has 6 rings (SSSR count). The van der Waals surface area contributed by atoms with E-state index in [1.165, 1.54) is 0 Å². The van der Waals surface area contributed by atoms with Crippen LogP contribution < -0.4 is 15.4 Å². The molecular weight excluding hydrogens is 655 g/mol. The number of alkyl halides is 3. The number of fused-ring (bicyclic) bond motifs is 2.